The van der Waals surface area contributed by atoms with Crippen LogP contribution in [0.3, 0.4) is 0 Å². The maximum atomic E-state index is 12.2. The highest BCUT2D eigenvalue weighted by molar-refractivity contribution is 5.79. The molecule has 1 aromatic rings. The highest BCUT2D eigenvalue weighted by Gasteiger charge is 2.51. The Bertz CT molecular complexity index is 570. The van der Waals surface area contributed by atoms with Crippen molar-refractivity contribution in [3.8, 4) is 0 Å². The number of nitrogens with one attached hydrogen (secondary N) is 2. The van der Waals surface area contributed by atoms with Crippen molar-refractivity contribution >= 4 is 12.2 Å². The van der Waals surface area contributed by atoms with Crippen LogP contribution in [0, 0.1) is 24.7 Å². The third-order valence-electron chi connectivity index (χ3n) is 5.54. The van der Waals surface area contributed by atoms with Crippen LogP contribution in [0.2, 0.25) is 0 Å². The summed E-state index contributed by atoms with van der Waals surface area (Å²) in [6.45, 7) is 1.88. The fourth-order valence-corrected chi connectivity index (χ4v) is 5.21. The number of amides is 2. The largest absolute Gasteiger partial charge is 0.460 e. The van der Waals surface area contributed by atoms with Crippen LogP contribution < -0.4 is 10.7 Å². The summed E-state index contributed by atoms with van der Waals surface area (Å²) in [4.78, 5) is 12.2. The minimum Gasteiger partial charge on any atom is -0.460 e. The van der Waals surface area contributed by atoms with Crippen molar-refractivity contribution in [1.29, 1.82) is 0 Å². The van der Waals surface area contributed by atoms with Crippen LogP contribution in [0.15, 0.2) is 21.7 Å². The number of hydrogen-bond acceptors (Lipinski definition) is 3. The van der Waals surface area contributed by atoms with Gasteiger partial charge in [0.2, 0.25) is 0 Å². The fourth-order valence-electron chi connectivity index (χ4n) is 5.21. The van der Waals surface area contributed by atoms with E-state index >= 15 is 0 Å². The van der Waals surface area contributed by atoms with Gasteiger partial charge in [0, 0.05) is 5.54 Å². The van der Waals surface area contributed by atoms with Gasteiger partial charge in [0.05, 0.1) is 6.21 Å². The number of rotatable bonds is 3. The Labute approximate surface area is 130 Å². The van der Waals surface area contributed by atoms with Crippen molar-refractivity contribution in [1.82, 2.24) is 10.7 Å². The number of aryl methyl sites for hydroxylation is 1. The Kier molecular flexibility index (Phi) is 3.24. The number of urea groups is 1. The minimum atomic E-state index is -0.193. The van der Waals surface area contributed by atoms with Gasteiger partial charge < -0.3 is 9.73 Å². The summed E-state index contributed by atoms with van der Waals surface area (Å²) in [5, 5.41) is 7.19. The molecule has 5 nitrogen and oxygen atoms in total. The summed E-state index contributed by atoms with van der Waals surface area (Å²) in [5.74, 6) is 3.94. The molecule has 4 bridgehead atoms. The SMILES string of the molecule is Cc1ccc(/C=N\NC(=O)NC23CC4CC(CC(C4)C2)C3)o1. The van der Waals surface area contributed by atoms with Crippen molar-refractivity contribution in [2.75, 3.05) is 0 Å². The fraction of sp³-hybridized carbons (Fsp3) is 0.647. The molecule has 0 unspecified atom stereocenters. The van der Waals surface area contributed by atoms with Crippen LogP contribution in [-0.4, -0.2) is 17.8 Å². The topological polar surface area (TPSA) is 66.6 Å². The van der Waals surface area contributed by atoms with Crippen molar-refractivity contribution in [3.63, 3.8) is 0 Å². The lowest BCUT2D eigenvalue weighted by atomic mass is 9.53. The number of nitrogens with zero attached hydrogens (tertiary/aromatic N) is 1. The molecule has 4 saturated carbocycles. The predicted molar refractivity (Wildman–Crippen MR) is 83.6 cm³/mol. The van der Waals surface area contributed by atoms with Gasteiger partial charge >= 0.3 is 6.03 Å². The van der Waals surface area contributed by atoms with Crippen molar-refractivity contribution in [3.05, 3.63) is 23.7 Å². The first-order chi connectivity index (χ1) is 10.6. The molecule has 4 aliphatic rings. The number of hydrazone groups is 1. The summed E-state index contributed by atoms with van der Waals surface area (Å²) in [6, 6.07) is 3.51. The number of carbonyl (C=O) groups is 1. The van der Waals surface area contributed by atoms with Gasteiger partial charge in [-0.15, -0.1) is 0 Å². The van der Waals surface area contributed by atoms with Gasteiger partial charge in [0.1, 0.15) is 11.5 Å². The van der Waals surface area contributed by atoms with E-state index in [1.807, 2.05) is 19.1 Å². The first-order valence-electron chi connectivity index (χ1n) is 8.28. The van der Waals surface area contributed by atoms with Crippen molar-refractivity contribution < 1.29 is 9.21 Å². The first kappa shape index (κ1) is 13.9. The van der Waals surface area contributed by atoms with Gasteiger partial charge in [-0.05, 0) is 75.3 Å². The van der Waals surface area contributed by atoms with E-state index in [1.165, 1.54) is 25.5 Å². The number of carbonyl (C=O) groups excluding carboxylic acids is 1. The monoisotopic (exact) mass is 301 g/mol. The molecule has 0 spiro atoms. The molecule has 0 aromatic carbocycles. The molecule has 5 heteroatoms. The Morgan fingerprint density at radius 3 is 2.41 bits per heavy atom. The molecule has 118 valence electrons. The van der Waals surface area contributed by atoms with Gasteiger partial charge in [0.25, 0.3) is 0 Å². The normalized spacial score (nSPS) is 36.0. The molecule has 2 amide bonds. The second kappa shape index (κ2) is 5.14. The Morgan fingerprint density at radius 1 is 1.23 bits per heavy atom. The summed E-state index contributed by atoms with van der Waals surface area (Å²) in [7, 11) is 0. The number of hydrogen-bond donors (Lipinski definition) is 2. The van der Waals surface area contributed by atoms with Gasteiger partial charge in [-0.25, -0.2) is 10.2 Å². The molecule has 5 rings (SSSR count). The van der Waals surface area contributed by atoms with Crippen LogP contribution in [0.4, 0.5) is 4.79 Å². The second-order valence-electron chi connectivity index (χ2n) is 7.47. The molecule has 1 heterocycles. The highest BCUT2D eigenvalue weighted by Crippen LogP contribution is 2.55. The van der Waals surface area contributed by atoms with Crippen LogP contribution in [0.1, 0.15) is 50.0 Å². The average molecular weight is 301 g/mol. The molecule has 0 atom stereocenters. The zero-order valence-electron chi connectivity index (χ0n) is 13.0. The molecule has 22 heavy (non-hydrogen) atoms. The predicted octanol–water partition coefficient (Wildman–Crippen LogP) is 3.19. The highest BCUT2D eigenvalue weighted by atomic mass is 16.3. The molecular weight excluding hydrogens is 278 g/mol. The standard InChI is InChI=1S/C17H23N3O2/c1-11-2-3-15(22-11)10-18-20-16(21)19-17-7-12-4-13(8-17)6-14(5-12)9-17/h2-3,10,12-14H,4-9H2,1H3,(H2,19,20,21)/b18-10-. The quantitative estimate of drug-likeness (QED) is 0.665. The molecule has 2 N–H and O–H groups in total. The summed E-state index contributed by atoms with van der Waals surface area (Å²) in [5.41, 5.74) is 2.60. The van der Waals surface area contributed by atoms with Crippen LogP contribution in [-0.2, 0) is 0 Å². The summed E-state index contributed by atoms with van der Waals surface area (Å²) in [6.07, 6.45) is 9.09. The lowest BCUT2D eigenvalue weighted by molar-refractivity contribution is -0.0135. The van der Waals surface area contributed by atoms with Gasteiger partial charge in [-0.1, -0.05) is 0 Å². The van der Waals surface area contributed by atoms with E-state index in [0.717, 1.165) is 42.8 Å². The van der Waals surface area contributed by atoms with Crippen molar-refractivity contribution in [2.45, 2.75) is 51.0 Å². The third kappa shape index (κ3) is 2.64. The summed E-state index contributed by atoms with van der Waals surface area (Å²) >= 11 is 0. The van der Waals surface area contributed by atoms with E-state index in [0.29, 0.717) is 5.76 Å². The molecule has 1 aromatic heterocycles. The second-order valence-corrected chi connectivity index (χ2v) is 7.47. The van der Waals surface area contributed by atoms with E-state index in [4.69, 9.17) is 4.42 Å². The van der Waals surface area contributed by atoms with Crippen LogP contribution >= 0.6 is 0 Å². The summed E-state index contributed by atoms with van der Waals surface area (Å²) < 4.78 is 5.38. The molecular formula is C17H23N3O2. The molecule has 0 aliphatic heterocycles. The first-order valence-corrected chi connectivity index (χ1v) is 8.28. The van der Waals surface area contributed by atoms with E-state index in [9.17, 15) is 4.79 Å². The van der Waals surface area contributed by atoms with Crippen molar-refractivity contribution in [2.24, 2.45) is 22.9 Å². The van der Waals surface area contributed by atoms with E-state index in [1.54, 1.807) is 0 Å². The van der Waals surface area contributed by atoms with Gasteiger partial charge in [-0.2, -0.15) is 5.10 Å². The molecule has 0 radical (unpaired) electrons. The minimum absolute atomic E-state index is 0.0234. The van der Waals surface area contributed by atoms with E-state index in [-0.39, 0.29) is 11.6 Å². The molecule has 0 saturated heterocycles. The van der Waals surface area contributed by atoms with Crippen LogP contribution in [0.25, 0.3) is 0 Å². The third-order valence-corrected chi connectivity index (χ3v) is 5.54. The smallest absolute Gasteiger partial charge is 0.335 e. The lowest BCUT2D eigenvalue weighted by Gasteiger charge is -2.56. The van der Waals surface area contributed by atoms with Crippen LogP contribution in [0.5, 0.6) is 0 Å². The van der Waals surface area contributed by atoms with Gasteiger partial charge in [0.15, 0.2) is 0 Å². The molecule has 4 aliphatic carbocycles. The maximum absolute atomic E-state index is 12.2. The zero-order chi connectivity index (χ0) is 15.2. The Hall–Kier alpha value is -1.78. The lowest BCUT2D eigenvalue weighted by Crippen LogP contribution is -2.61. The average Bonchev–Trinajstić information content (AvgIpc) is 2.82. The maximum Gasteiger partial charge on any atom is 0.335 e. The van der Waals surface area contributed by atoms with Gasteiger partial charge in [-0.3, -0.25) is 0 Å². The Morgan fingerprint density at radius 2 is 1.86 bits per heavy atom. The number of furan rings is 1. The molecule has 4 fully saturated rings. The zero-order valence-corrected chi connectivity index (χ0v) is 13.0. The Balaban J connectivity index is 1.35. The van der Waals surface area contributed by atoms with E-state index in [2.05, 4.69) is 15.8 Å². The van der Waals surface area contributed by atoms with E-state index < -0.39 is 0 Å².